The largest absolute Gasteiger partial charge is 0.379 e. The summed E-state index contributed by atoms with van der Waals surface area (Å²) < 4.78 is 23.2. The number of amides is 1. The lowest BCUT2D eigenvalue weighted by atomic mass is 10.2. The maximum Gasteiger partial charge on any atom is 0.292 e. The molecule has 0 spiro atoms. The van der Waals surface area contributed by atoms with Crippen LogP contribution in [-0.2, 0) is 14.6 Å². The first-order valence-corrected chi connectivity index (χ1v) is 9.65. The highest BCUT2D eigenvalue weighted by molar-refractivity contribution is 7.90. The van der Waals surface area contributed by atoms with E-state index in [-0.39, 0.29) is 29.5 Å². The number of carbonyl (C=O) groups is 1. The molecular formula is C17H19N3O5S. The van der Waals surface area contributed by atoms with Gasteiger partial charge < -0.3 is 10.6 Å². The molecule has 0 heterocycles. The molecule has 0 aliphatic rings. The molecule has 138 valence electrons. The number of carbonyl (C=O) groups excluding carboxylic acids is 1. The van der Waals surface area contributed by atoms with Gasteiger partial charge in [-0.2, -0.15) is 0 Å². The Hall–Kier alpha value is -2.94. The number of para-hydroxylation sites is 2. The van der Waals surface area contributed by atoms with Crippen LogP contribution in [0.2, 0.25) is 0 Å². The molecule has 2 rings (SSSR count). The zero-order chi connectivity index (χ0) is 19.3. The number of anilines is 2. The molecule has 2 aromatic carbocycles. The molecule has 0 radical (unpaired) electrons. The summed E-state index contributed by atoms with van der Waals surface area (Å²) in [4.78, 5) is 22.7. The smallest absolute Gasteiger partial charge is 0.292 e. The van der Waals surface area contributed by atoms with Crippen LogP contribution in [0.3, 0.4) is 0 Å². The highest BCUT2D eigenvalue weighted by Gasteiger charge is 2.13. The Morgan fingerprint density at radius 1 is 1.15 bits per heavy atom. The Bertz CT molecular complexity index is 941. The number of nitro benzene ring substituents is 1. The molecule has 0 aliphatic carbocycles. The molecule has 0 unspecified atom stereocenters. The number of nitrogens with one attached hydrogen (secondary N) is 2. The van der Waals surface area contributed by atoms with Crippen LogP contribution in [0.4, 0.5) is 17.1 Å². The van der Waals surface area contributed by atoms with Gasteiger partial charge in [0.1, 0.15) is 5.69 Å². The van der Waals surface area contributed by atoms with Crippen molar-refractivity contribution in [3.05, 3.63) is 58.1 Å². The standard InChI is InChI=1S/C17H19N3O5S/c1-12-7-8-13(26(2,24)25)11-15(12)19-17(21)9-10-18-14-5-3-4-6-16(14)20(22)23/h3-8,11,18H,9-10H2,1-2H3,(H,19,21). The van der Waals surface area contributed by atoms with Crippen molar-refractivity contribution in [3.8, 4) is 0 Å². The third kappa shape index (κ3) is 5.03. The fourth-order valence-corrected chi connectivity index (χ4v) is 2.92. The third-order valence-corrected chi connectivity index (χ3v) is 4.79. The summed E-state index contributed by atoms with van der Waals surface area (Å²) in [6.45, 7) is 1.95. The second kappa shape index (κ2) is 7.96. The second-order valence-electron chi connectivity index (χ2n) is 5.75. The van der Waals surface area contributed by atoms with E-state index < -0.39 is 14.8 Å². The van der Waals surface area contributed by atoms with Gasteiger partial charge in [0.15, 0.2) is 9.84 Å². The van der Waals surface area contributed by atoms with Crippen molar-refractivity contribution in [3.63, 3.8) is 0 Å². The van der Waals surface area contributed by atoms with Crippen molar-refractivity contribution in [1.82, 2.24) is 0 Å². The Morgan fingerprint density at radius 3 is 2.50 bits per heavy atom. The quantitative estimate of drug-likeness (QED) is 0.566. The fraction of sp³-hybridized carbons (Fsp3) is 0.235. The SMILES string of the molecule is Cc1ccc(S(C)(=O)=O)cc1NC(=O)CCNc1ccccc1[N+](=O)[O-]. The number of nitro groups is 1. The lowest BCUT2D eigenvalue weighted by Crippen LogP contribution is -2.17. The van der Waals surface area contributed by atoms with E-state index in [9.17, 15) is 23.3 Å². The first-order valence-electron chi connectivity index (χ1n) is 7.76. The maximum absolute atomic E-state index is 12.1. The van der Waals surface area contributed by atoms with Crippen molar-refractivity contribution >= 4 is 32.8 Å². The summed E-state index contributed by atoms with van der Waals surface area (Å²) in [6.07, 6.45) is 1.16. The molecule has 0 saturated heterocycles. The molecule has 0 fully saturated rings. The van der Waals surface area contributed by atoms with Crippen molar-refractivity contribution in [2.24, 2.45) is 0 Å². The Balaban J connectivity index is 1.99. The number of benzene rings is 2. The van der Waals surface area contributed by atoms with Crippen LogP contribution in [0.5, 0.6) is 0 Å². The summed E-state index contributed by atoms with van der Waals surface area (Å²) >= 11 is 0. The number of hydrogen-bond donors (Lipinski definition) is 2. The zero-order valence-corrected chi connectivity index (χ0v) is 15.2. The normalized spacial score (nSPS) is 11.0. The summed E-state index contributed by atoms with van der Waals surface area (Å²) in [7, 11) is -3.37. The van der Waals surface area contributed by atoms with Crippen molar-refractivity contribution < 1.29 is 18.1 Å². The number of rotatable bonds is 7. The molecule has 0 aromatic heterocycles. The Labute approximate surface area is 151 Å². The van der Waals surface area contributed by atoms with Crippen LogP contribution in [0, 0.1) is 17.0 Å². The minimum absolute atomic E-state index is 0.0641. The summed E-state index contributed by atoms with van der Waals surface area (Å²) in [6, 6.07) is 10.7. The predicted octanol–water partition coefficient (Wildman–Crippen LogP) is 2.75. The minimum atomic E-state index is -3.37. The van der Waals surface area contributed by atoms with Crippen molar-refractivity contribution in [2.75, 3.05) is 23.4 Å². The Morgan fingerprint density at radius 2 is 1.85 bits per heavy atom. The van der Waals surface area contributed by atoms with Gasteiger partial charge in [-0.3, -0.25) is 14.9 Å². The number of nitrogens with zero attached hydrogens (tertiary/aromatic N) is 1. The van der Waals surface area contributed by atoms with Gasteiger partial charge in [-0.15, -0.1) is 0 Å². The topological polar surface area (TPSA) is 118 Å². The lowest BCUT2D eigenvalue weighted by Gasteiger charge is -2.11. The first kappa shape index (κ1) is 19.4. The van der Waals surface area contributed by atoms with E-state index >= 15 is 0 Å². The molecule has 2 aromatic rings. The summed E-state index contributed by atoms with van der Waals surface area (Å²) in [5.74, 6) is -0.329. The van der Waals surface area contributed by atoms with E-state index in [2.05, 4.69) is 10.6 Å². The molecule has 9 heteroatoms. The fourth-order valence-electron chi connectivity index (χ4n) is 2.27. The van der Waals surface area contributed by atoms with E-state index in [0.29, 0.717) is 11.4 Å². The van der Waals surface area contributed by atoms with Gasteiger partial charge in [-0.25, -0.2) is 8.42 Å². The van der Waals surface area contributed by atoms with Crippen LogP contribution in [0.15, 0.2) is 47.4 Å². The van der Waals surface area contributed by atoms with Crippen LogP contribution < -0.4 is 10.6 Å². The number of hydrogen-bond acceptors (Lipinski definition) is 6. The van der Waals surface area contributed by atoms with E-state index in [4.69, 9.17) is 0 Å². The molecule has 8 nitrogen and oxygen atoms in total. The van der Waals surface area contributed by atoms with E-state index in [1.54, 1.807) is 31.2 Å². The molecule has 26 heavy (non-hydrogen) atoms. The first-order chi connectivity index (χ1) is 12.2. The van der Waals surface area contributed by atoms with Gasteiger partial charge in [-0.1, -0.05) is 18.2 Å². The number of aryl methyl sites for hydroxylation is 1. The van der Waals surface area contributed by atoms with E-state index in [1.165, 1.54) is 18.2 Å². The van der Waals surface area contributed by atoms with Crippen molar-refractivity contribution in [1.29, 1.82) is 0 Å². The highest BCUT2D eigenvalue weighted by Crippen LogP contribution is 2.23. The van der Waals surface area contributed by atoms with Crippen LogP contribution >= 0.6 is 0 Å². The molecular weight excluding hydrogens is 358 g/mol. The van der Waals surface area contributed by atoms with Crippen LogP contribution in [-0.4, -0.2) is 32.0 Å². The lowest BCUT2D eigenvalue weighted by molar-refractivity contribution is -0.384. The van der Waals surface area contributed by atoms with E-state index in [1.807, 2.05) is 0 Å². The summed E-state index contributed by atoms with van der Waals surface area (Å²) in [5.41, 5.74) is 1.42. The number of sulfone groups is 1. The zero-order valence-electron chi connectivity index (χ0n) is 14.4. The summed E-state index contributed by atoms with van der Waals surface area (Å²) in [5, 5.41) is 16.5. The van der Waals surface area contributed by atoms with Gasteiger partial charge in [0, 0.05) is 31.0 Å². The molecule has 2 N–H and O–H groups in total. The van der Waals surface area contributed by atoms with Crippen LogP contribution in [0.25, 0.3) is 0 Å². The second-order valence-corrected chi connectivity index (χ2v) is 7.76. The van der Waals surface area contributed by atoms with Gasteiger partial charge in [0.05, 0.1) is 9.82 Å². The molecule has 1 amide bonds. The van der Waals surface area contributed by atoms with Gasteiger partial charge in [-0.05, 0) is 30.7 Å². The van der Waals surface area contributed by atoms with Crippen LogP contribution in [0.1, 0.15) is 12.0 Å². The third-order valence-electron chi connectivity index (χ3n) is 3.68. The van der Waals surface area contributed by atoms with Crippen molar-refractivity contribution in [2.45, 2.75) is 18.2 Å². The minimum Gasteiger partial charge on any atom is -0.379 e. The highest BCUT2D eigenvalue weighted by atomic mass is 32.2. The predicted molar refractivity (Wildman–Crippen MR) is 99.1 cm³/mol. The monoisotopic (exact) mass is 377 g/mol. The molecule has 0 aliphatic heterocycles. The molecule has 0 bridgehead atoms. The van der Waals surface area contributed by atoms with E-state index in [0.717, 1.165) is 11.8 Å². The molecule has 0 atom stereocenters. The van der Waals surface area contributed by atoms with Gasteiger partial charge in [0.25, 0.3) is 5.69 Å². The van der Waals surface area contributed by atoms with Gasteiger partial charge in [0.2, 0.25) is 5.91 Å². The average molecular weight is 377 g/mol. The van der Waals surface area contributed by atoms with Gasteiger partial charge >= 0.3 is 0 Å². The Kier molecular flexibility index (Phi) is 5.93. The average Bonchev–Trinajstić information content (AvgIpc) is 2.56. The maximum atomic E-state index is 12.1. The molecule has 0 saturated carbocycles.